The predicted molar refractivity (Wildman–Crippen MR) is 91.3 cm³/mol. The largest absolute Gasteiger partial charge is 0.359 e. The topological polar surface area (TPSA) is 53.1 Å². The Balaban J connectivity index is 1.86. The normalized spacial score (nSPS) is 13.5. The molecule has 1 aromatic carbocycles. The quantitative estimate of drug-likeness (QED) is 0.667. The molecular formula is C16H18N4OS. The van der Waals surface area contributed by atoms with Crippen LogP contribution in [0, 0.1) is 0 Å². The zero-order chi connectivity index (χ0) is 15.5. The molecule has 0 aliphatic carbocycles. The van der Waals surface area contributed by atoms with Crippen LogP contribution in [0.3, 0.4) is 0 Å². The SMILES string of the molecule is C=CCNC(=S)N1CCc2[nH]n(-c3ccccc3)c(=O)c2C1. The second kappa shape index (κ2) is 6.19. The Morgan fingerprint density at radius 3 is 2.91 bits per heavy atom. The lowest BCUT2D eigenvalue weighted by Crippen LogP contribution is -2.43. The number of hydrogen-bond donors (Lipinski definition) is 2. The van der Waals surface area contributed by atoms with Crippen LogP contribution < -0.4 is 10.9 Å². The highest BCUT2D eigenvalue weighted by atomic mass is 32.1. The molecule has 3 rings (SSSR count). The summed E-state index contributed by atoms with van der Waals surface area (Å²) < 4.78 is 1.61. The maximum Gasteiger partial charge on any atom is 0.276 e. The summed E-state index contributed by atoms with van der Waals surface area (Å²) in [5.74, 6) is 0. The van der Waals surface area contributed by atoms with Crippen molar-refractivity contribution in [3.8, 4) is 5.69 Å². The van der Waals surface area contributed by atoms with E-state index in [1.54, 1.807) is 10.8 Å². The molecule has 0 saturated heterocycles. The van der Waals surface area contributed by atoms with Crippen LogP contribution in [-0.2, 0) is 13.0 Å². The Hall–Kier alpha value is -2.34. The van der Waals surface area contributed by atoms with Crippen LogP contribution in [-0.4, -0.2) is 32.9 Å². The zero-order valence-corrected chi connectivity index (χ0v) is 13.0. The first-order valence-electron chi connectivity index (χ1n) is 7.22. The van der Waals surface area contributed by atoms with Crippen molar-refractivity contribution in [2.75, 3.05) is 13.1 Å². The molecule has 0 bridgehead atoms. The minimum absolute atomic E-state index is 0.00239. The molecule has 2 heterocycles. The first kappa shape index (κ1) is 14.6. The van der Waals surface area contributed by atoms with Crippen molar-refractivity contribution in [3.05, 3.63) is 64.6 Å². The summed E-state index contributed by atoms with van der Waals surface area (Å²) in [6, 6.07) is 9.60. The van der Waals surface area contributed by atoms with Crippen LogP contribution in [0.15, 0.2) is 47.8 Å². The van der Waals surface area contributed by atoms with Crippen LogP contribution >= 0.6 is 12.2 Å². The molecule has 5 nitrogen and oxygen atoms in total. The van der Waals surface area contributed by atoms with Crippen molar-refractivity contribution in [3.63, 3.8) is 0 Å². The second-order valence-corrected chi connectivity index (χ2v) is 5.58. The zero-order valence-electron chi connectivity index (χ0n) is 12.2. The van der Waals surface area contributed by atoms with Gasteiger partial charge in [0.25, 0.3) is 5.56 Å². The highest BCUT2D eigenvalue weighted by Crippen LogP contribution is 2.16. The minimum Gasteiger partial charge on any atom is -0.359 e. The van der Waals surface area contributed by atoms with E-state index >= 15 is 0 Å². The third-order valence-corrected chi connectivity index (χ3v) is 4.15. The molecule has 0 fully saturated rings. The molecule has 2 N–H and O–H groups in total. The van der Waals surface area contributed by atoms with Crippen LogP contribution in [0.25, 0.3) is 5.69 Å². The average Bonchev–Trinajstić information content (AvgIpc) is 2.90. The Morgan fingerprint density at radius 2 is 2.18 bits per heavy atom. The summed E-state index contributed by atoms with van der Waals surface area (Å²) in [7, 11) is 0. The molecule has 0 amide bonds. The number of para-hydroxylation sites is 1. The molecule has 1 aliphatic rings. The van der Waals surface area contributed by atoms with Gasteiger partial charge in [-0.15, -0.1) is 6.58 Å². The maximum atomic E-state index is 12.6. The van der Waals surface area contributed by atoms with E-state index in [-0.39, 0.29) is 5.56 Å². The number of hydrogen-bond acceptors (Lipinski definition) is 2. The van der Waals surface area contributed by atoms with Crippen LogP contribution in [0.4, 0.5) is 0 Å². The van der Waals surface area contributed by atoms with Gasteiger partial charge in [-0.2, -0.15) is 0 Å². The summed E-state index contributed by atoms with van der Waals surface area (Å²) in [6.45, 7) is 5.63. The Labute approximate surface area is 134 Å². The molecule has 1 aliphatic heterocycles. The Bertz CT molecular complexity index is 747. The predicted octanol–water partition coefficient (Wildman–Crippen LogP) is 1.58. The molecule has 6 heteroatoms. The lowest BCUT2D eigenvalue weighted by Gasteiger charge is -2.28. The minimum atomic E-state index is -0.00239. The summed E-state index contributed by atoms with van der Waals surface area (Å²) in [5, 5.41) is 6.99. The first-order chi connectivity index (χ1) is 10.7. The van der Waals surface area contributed by atoms with Gasteiger partial charge in [-0.05, 0) is 24.4 Å². The number of nitrogens with zero attached hydrogens (tertiary/aromatic N) is 2. The molecular weight excluding hydrogens is 296 g/mol. The van der Waals surface area contributed by atoms with Gasteiger partial charge in [0.05, 0.1) is 17.8 Å². The monoisotopic (exact) mass is 314 g/mol. The number of rotatable bonds is 3. The van der Waals surface area contributed by atoms with Crippen molar-refractivity contribution < 1.29 is 0 Å². The maximum absolute atomic E-state index is 12.6. The summed E-state index contributed by atoms with van der Waals surface area (Å²) in [6.07, 6.45) is 2.54. The van der Waals surface area contributed by atoms with Crippen LogP contribution in [0.1, 0.15) is 11.3 Å². The lowest BCUT2D eigenvalue weighted by atomic mass is 10.1. The standard InChI is InChI=1S/C16H18N4OS/c1-2-9-17-16(22)19-10-8-14-13(11-19)15(21)20(18-14)12-6-4-3-5-7-12/h2-7,18H,1,8-11H2,(H,17,22). The van der Waals surface area contributed by atoms with Gasteiger partial charge < -0.3 is 10.2 Å². The number of thiocarbonyl (C=S) groups is 1. The molecule has 0 saturated carbocycles. The van der Waals surface area contributed by atoms with E-state index in [2.05, 4.69) is 17.0 Å². The third-order valence-electron chi connectivity index (χ3n) is 3.75. The fraction of sp³-hybridized carbons (Fsp3) is 0.250. The summed E-state index contributed by atoms with van der Waals surface area (Å²) in [5.41, 5.74) is 2.63. The summed E-state index contributed by atoms with van der Waals surface area (Å²) >= 11 is 5.36. The van der Waals surface area contributed by atoms with E-state index in [1.165, 1.54) is 0 Å². The van der Waals surface area contributed by atoms with Gasteiger partial charge in [0.1, 0.15) is 0 Å². The van der Waals surface area contributed by atoms with E-state index < -0.39 is 0 Å². The number of aromatic amines is 1. The summed E-state index contributed by atoms with van der Waals surface area (Å²) in [4.78, 5) is 14.6. The van der Waals surface area contributed by atoms with Crippen molar-refractivity contribution in [2.45, 2.75) is 13.0 Å². The molecule has 0 spiro atoms. The van der Waals surface area contributed by atoms with Gasteiger partial charge >= 0.3 is 0 Å². The number of benzene rings is 1. The molecule has 114 valence electrons. The van der Waals surface area contributed by atoms with E-state index in [4.69, 9.17) is 12.2 Å². The van der Waals surface area contributed by atoms with Gasteiger partial charge in [0.15, 0.2) is 5.11 Å². The fourth-order valence-electron chi connectivity index (χ4n) is 2.61. The smallest absolute Gasteiger partial charge is 0.276 e. The third kappa shape index (κ3) is 2.69. The van der Waals surface area contributed by atoms with E-state index in [1.807, 2.05) is 35.2 Å². The van der Waals surface area contributed by atoms with Gasteiger partial charge in [-0.3, -0.25) is 9.89 Å². The van der Waals surface area contributed by atoms with Crippen molar-refractivity contribution in [1.29, 1.82) is 0 Å². The number of nitrogens with one attached hydrogen (secondary N) is 2. The first-order valence-corrected chi connectivity index (χ1v) is 7.63. The van der Waals surface area contributed by atoms with Crippen molar-refractivity contribution in [2.24, 2.45) is 0 Å². The Kier molecular flexibility index (Phi) is 4.11. The Morgan fingerprint density at radius 1 is 1.41 bits per heavy atom. The van der Waals surface area contributed by atoms with Gasteiger partial charge in [0.2, 0.25) is 0 Å². The molecule has 0 radical (unpaired) electrons. The molecule has 0 atom stereocenters. The molecule has 0 unspecified atom stereocenters. The van der Waals surface area contributed by atoms with Crippen LogP contribution in [0.5, 0.6) is 0 Å². The average molecular weight is 314 g/mol. The van der Waals surface area contributed by atoms with E-state index in [0.29, 0.717) is 18.2 Å². The number of aromatic nitrogens is 2. The van der Waals surface area contributed by atoms with Gasteiger partial charge in [-0.1, -0.05) is 24.3 Å². The molecule has 2 aromatic rings. The van der Waals surface area contributed by atoms with Crippen LogP contribution in [0.2, 0.25) is 0 Å². The molecule has 22 heavy (non-hydrogen) atoms. The van der Waals surface area contributed by atoms with Crippen molar-refractivity contribution >= 4 is 17.3 Å². The van der Waals surface area contributed by atoms with Gasteiger partial charge in [-0.25, -0.2) is 4.68 Å². The van der Waals surface area contributed by atoms with Crippen molar-refractivity contribution in [1.82, 2.24) is 20.0 Å². The highest BCUT2D eigenvalue weighted by Gasteiger charge is 2.24. The number of fused-ring (bicyclic) bond motifs is 1. The van der Waals surface area contributed by atoms with Gasteiger partial charge in [0, 0.05) is 25.2 Å². The second-order valence-electron chi connectivity index (χ2n) is 5.19. The highest BCUT2D eigenvalue weighted by molar-refractivity contribution is 7.80. The van der Waals surface area contributed by atoms with E-state index in [9.17, 15) is 4.79 Å². The fourth-order valence-corrected chi connectivity index (χ4v) is 2.85. The lowest BCUT2D eigenvalue weighted by molar-refractivity contribution is 0.386. The number of H-pyrrole nitrogens is 1. The van der Waals surface area contributed by atoms with E-state index in [0.717, 1.165) is 29.9 Å². The molecule has 1 aromatic heterocycles.